The molecule has 0 aliphatic carbocycles. The summed E-state index contributed by atoms with van der Waals surface area (Å²) < 4.78 is 10.4. The van der Waals surface area contributed by atoms with Gasteiger partial charge in [-0.2, -0.15) is 0 Å². The van der Waals surface area contributed by atoms with Crippen molar-refractivity contribution in [2.75, 3.05) is 0 Å². The maximum atomic E-state index is 12.1. The van der Waals surface area contributed by atoms with Crippen LogP contribution in [0.3, 0.4) is 0 Å². The Kier molecular flexibility index (Phi) is 5.15. The third-order valence-corrected chi connectivity index (χ3v) is 3.15. The van der Waals surface area contributed by atoms with Crippen LogP contribution >= 0.6 is 11.6 Å². The smallest absolute Gasteiger partial charge is 0.408 e. The average molecular weight is 349 g/mol. The summed E-state index contributed by atoms with van der Waals surface area (Å²) in [5.41, 5.74) is -0.892. The van der Waals surface area contributed by atoms with Crippen LogP contribution in [0.4, 0.5) is 4.79 Å². The maximum absolute atomic E-state index is 12.1. The van der Waals surface area contributed by atoms with E-state index in [2.05, 4.69) is 16.2 Å². The number of aromatic nitrogens is 1. The molecule has 1 aromatic carbocycles. The minimum Gasteiger partial charge on any atom is -0.444 e. The van der Waals surface area contributed by atoms with E-state index in [4.69, 9.17) is 27.2 Å². The summed E-state index contributed by atoms with van der Waals surface area (Å²) in [6.45, 7) is 5.21. The Balaban J connectivity index is 2.37. The molecule has 0 saturated carbocycles. The zero-order valence-corrected chi connectivity index (χ0v) is 14.3. The van der Waals surface area contributed by atoms with Crippen LogP contribution in [0.25, 0.3) is 10.9 Å². The number of carbonyl (C=O) groups excluding carboxylic acids is 1. The maximum Gasteiger partial charge on any atom is 0.408 e. The summed E-state index contributed by atoms with van der Waals surface area (Å²) in [7, 11) is 0. The van der Waals surface area contributed by atoms with Gasteiger partial charge in [0.2, 0.25) is 5.89 Å². The van der Waals surface area contributed by atoms with Crippen LogP contribution in [-0.2, 0) is 4.74 Å². The Morgan fingerprint density at radius 2 is 2.21 bits per heavy atom. The minimum absolute atomic E-state index is 0.00132. The van der Waals surface area contributed by atoms with Gasteiger partial charge in [-0.3, -0.25) is 0 Å². The number of fused-ring (bicyclic) bond motifs is 1. The van der Waals surface area contributed by atoms with Crippen molar-refractivity contribution in [3.63, 3.8) is 0 Å². The van der Waals surface area contributed by atoms with Crippen LogP contribution in [0.1, 0.15) is 39.1 Å². The molecule has 0 bridgehead atoms. The molecule has 1 N–H and O–H groups in total. The molecule has 6 nitrogen and oxygen atoms in total. The lowest BCUT2D eigenvalue weighted by molar-refractivity contribution is 0.0495. The Morgan fingerprint density at radius 1 is 1.50 bits per heavy atom. The molecule has 0 radical (unpaired) electrons. The van der Waals surface area contributed by atoms with Crippen molar-refractivity contribution >= 4 is 28.6 Å². The number of benzene rings is 1. The number of hydrogen-bond acceptors (Lipinski definition) is 5. The monoisotopic (exact) mass is 348 g/mol. The first-order valence-corrected chi connectivity index (χ1v) is 7.60. The van der Waals surface area contributed by atoms with Crippen molar-refractivity contribution in [2.24, 2.45) is 0 Å². The molecule has 1 atom stereocenters. The molecule has 126 valence electrons. The molecule has 0 saturated heterocycles. The lowest BCUT2D eigenvalue weighted by Crippen LogP contribution is -2.35. The summed E-state index contributed by atoms with van der Waals surface area (Å²) in [6.07, 6.45) is 4.74. The minimum atomic E-state index is -0.791. The molecule has 1 heterocycles. The van der Waals surface area contributed by atoms with Crippen molar-refractivity contribution in [1.29, 1.82) is 0 Å². The van der Waals surface area contributed by atoms with E-state index in [0.29, 0.717) is 15.9 Å². The molecular weight excluding hydrogens is 332 g/mol. The molecule has 0 aliphatic heterocycles. The molecule has 0 fully saturated rings. The number of amides is 1. The second-order valence-electron chi connectivity index (χ2n) is 6.11. The molecule has 24 heavy (non-hydrogen) atoms. The van der Waals surface area contributed by atoms with Gasteiger partial charge in [-0.1, -0.05) is 11.6 Å². The summed E-state index contributed by atoms with van der Waals surface area (Å²) in [5.74, 6) is 2.41. The molecule has 0 aliphatic rings. The number of halogens is 1. The van der Waals surface area contributed by atoms with Crippen LogP contribution in [0.15, 0.2) is 27.4 Å². The number of alkyl carbamates (subject to hydrolysis) is 1. The first-order valence-electron chi connectivity index (χ1n) is 7.23. The van der Waals surface area contributed by atoms with Crippen LogP contribution in [0.2, 0.25) is 5.02 Å². The first kappa shape index (κ1) is 17.8. The van der Waals surface area contributed by atoms with Gasteiger partial charge < -0.3 is 14.5 Å². The fourth-order valence-electron chi connectivity index (χ4n) is 1.98. The second kappa shape index (κ2) is 6.93. The first-order chi connectivity index (χ1) is 11.2. The number of nitrogens with one attached hydrogen (secondary N) is 1. The van der Waals surface area contributed by atoms with Crippen LogP contribution in [0.5, 0.6) is 0 Å². The Labute approximate surface area is 144 Å². The molecule has 0 unspecified atom stereocenters. The molecule has 2 aromatic rings. The van der Waals surface area contributed by atoms with Crippen LogP contribution < -0.4 is 10.9 Å². The molecule has 7 heteroatoms. The van der Waals surface area contributed by atoms with E-state index in [9.17, 15) is 9.59 Å². The largest absolute Gasteiger partial charge is 0.444 e. The normalized spacial score (nSPS) is 12.5. The van der Waals surface area contributed by atoms with E-state index in [-0.39, 0.29) is 12.3 Å². The highest BCUT2D eigenvalue weighted by Crippen LogP contribution is 2.20. The van der Waals surface area contributed by atoms with Gasteiger partial charge in [0, 0.05) is 11.4 Å². The standard InChI is InChI=1S/C17H17ClN2O4/c1-5-6-12(20-16(22)24-17(2,3)4)14-19-13-9-10(18)7-8-11(13)15(21)23-14/h1,7-9,12H,6H2,2-4H3,(H,20,22)/t12-/m1/s1. The molecule has 2 rings (SSSR count). The predicted molar refractivity (Wildman–Crippen MR) is 90.8 cm³/mol. The molecule has 0 spiro atoms. The zero-order valence-electron chi connectivity index (χ0n) is 13.6. The van der Waals surface area contributed by atoms with E-state index in [1.165, 1.54) is 12.1 Å². The van der Waals surface area contributed by atoms with Crippen LogP contribution in [0, 0.1) is 12.3 Å². The van der Waals surface area contributed by atoms with Gasteiger partial charge in [0.25, 0.3) is 0 Å². The summed E-state index contributed by atoms with van der Waals surface area (Å²) >= 11 is 5.93. The third-order valence-electron chi connectivity index (χ3n) is 2.92. The van der Waals surface area contributed by atoms with Gasteiger partial charge in [0.05, 0.1) is 10.9 Å². The number of terminal acetylenes is 1. The number of hydrogen-bond donors (Lipinski definition) is 1. The van der Waals surface area contributed by atoms with E-state index in [1.54, 1.807) is 26.8 Å². The topological polar surface area (TPSA) is 81.4 Å². The quantitative estimate of drug-likeness (QED) is 0.859. The highest BCUT2D eigenvalue weighted by molar-refractivity contribution is 6.31. The van der Waals surface area contributed by atoms with E-state index < -0.39 is 23.4 Å². The van der Waals surface area contributed by atoms with Crippen molar-refractivity contribution in [3.8, 4) is 12.3 Å². The van der Waals surface area contributed by atoms with Crippen molar-refractivity contribution in [1.82, 2.24) is 10.3 Å². The number of nitrogens with zero attached hydrogens (tertiary/aromatic N) is 1. The molecule has 1 amide bonds. The van der Waals surface area contributed by atoms with Gasteiger partial charge in [0.15, 0.2) is 0 Å². The highest BCUT2D eigenvalue weighted by atomic mass is 35.5. The second-order valence-corrected chi connectivity index (χ2v) is 6.54. The SMILES string of the molecule is C#CC[C@@H](NC(=O)OC(C)(C)C)c1nc2cc(Cl)ccc2c(=O)o1. The highest BCUT2D eigenvalue weighted by Gasteiger charge is 2.23. The number of carbonyl (C=O) groups is 1. The van der Waals surface area contributed by atoms with Crippen LogP contribution in [-0.4, -0.2) is 16.7 Å². The van der Waals surface area contributed by atoms with E-state index >= 15 is 0 Å². The van der Waals surface area contributed by atoms with Gasteiger partial charge in [-0.15, -0.1) is 12.3 Å². The van der Waals surface area contributed by atoms with Gasteiger partial charge in [0.1, 0.15) is 11.6 Å². The average Bonchev–Trinajstić information content (AvgIpc) is 2.44. The van der Waals surface area contributed by atoms with Crippen molar-refractivity contribution in [3.05, 3.63) is 39.5 Å². The fourth-order valence-corrected chi connectivity index (χ4v) is 2.14. The van der Waals surface area contributed by atoms with E-state index in [1.807, 2.05) is 0 Å². The lowest BCUT2D eigenvalue weighted by atomic mass is 10.2. The van der Waals surface area contributed by atoms with E-state index in [0.717, 1.165) is 0 Å². The Morgan fingerprint density at radius 3 is 2.83 bits per heavy atom. The van der Waals surface area contributed by atoms with Gasteiger partial charge in [-0.05, 0) is 39.0 Å². The Bertz CT molecular complexity index is 861. The number of ether oxygens (including phenoxy) is 1. The van der Waals surface area contributed by atoms with Gasteiger partial charge in [-0.25, -0.2) is 14.6 Å². The summed E-state index contributed by atoms with van der Waals surface area (Å²) in [6, 6.07) is 3.84. The number of rotatable bonds is 3. The van der Waals surface area contributed by atoms with Crippen molar-refractivity contribution in [2.45, 2.75) is 38.8 Å². The predicted octanol–water partition coefficient (Wildman–Crippen LogP) is 3.43. The van der Waals surface area contributed by atoms with Gasteiger partial charge >= 0.3 is 11.7 Å². The summed E-state index contributed by atoms with van der Waals surface area (Å²) in [4.78, 5) is 28.3. The van der Waals surface area contributed by atoms with Crippen molar-refractivity contribution < 1.29 is 13.9 Å². The molecule has 1 aromatic heterocycles. The molecular formula is C17H17ClN2O4. The Hall–Kier alpha value is -2.52. The third kappa shape index (κ3) is 4.49. The lowest BCUT2D eigenvalue weighted by Gasteiger charge is -2.22. The fraction of sp³-hybridized carbons (Fsp3) is 0.353. The zero-order chi connectivity index (χ0) is 17.9. The summed E-state index contributed by atoms with van der Waals surface area (Å²) in [5, 5.41) is 3.29.